The number of benzene rings is 4. The highest BCUT2D eigenvalue weighted by molar-refractivity contribution is 6.00. The Kier molecular flexibility index (Phi) is 7.76. The Morgan fingerprint density at radius 3 is 2.52 bits per heavy atom. The number of primary amides is 1. The molecule has 0 aromatic heterocycles. The summed E-state index contributed by atoms with van der Waals surface area (Å²) in [6, 6.07) is 22.3. The molecule has 1 aliphatic heterocycles. The molecule has 204 valence electrons. The normalized spacial score (nSPS) is 15.2. The number of amides is 2. The second-order valence-electron chi connectivity index (χ2n) is 10.4. The predicted octanol–water partition coefficient (Wildman–Crippen LogP) is 5.19. The third-order valence-electron chi connectivity index (χ3n) is 7.68. The van der Waals surface area contributed by atoms with Crippen molar-refractivity contribution < 1.29 is 23.3 Å². The summed E-state index contributed by atoms with van der Waals surface area (Å²) < 4.78 is 29.8. The molecular weight excluding hydrogens is 508 g/mol. The molecule has 5 rings (SSSR count). The Bertz CT molecular complexity index is 1600. The molecule has 1 unspecified atom stereocenters. The first kappa shape index (κ1) is 27.2. The first-order valence-electron chi connectivity index (χ1n) is 13.4. The topological polar surface area (TPSA) is 76.6 Å². The monoisotopic (exact) mass is 540 g/mol. The molecule has 0 fully saturated rings. The van der Waals surface area contributed by atoms with Crippen molar-refractivity contribution in [3.8, 4) is 11.1 Å². The van der Waals surface area contributed by atoms with E-state index in [9.17, 15) is 14.0 Å². The molecule has 1 aliphatic rings. The summed E-state index contributed by atoms with van der Waals surface area (Å²) in [4.78, 5) is 26.1. The predicted molar refractivity (Wildman–Crippen MR) is 151 cm³/mol. The molecule has 5 nitrogen and oxygen atoms in total. The van der Waals surface area contributed by atoms with Crippen LogP contribution in [0.25, 0.3) is 11.1 Å². The van der Waals surface area contributed by atoms with Gasteiger partial charge in [0.1, 0.15) is 23.9 Å². The van der Waals surface area contributed by atoms with Crippen LogP contribution in [0.3, 0.4) is 0 Å². The zero-order valence-electron chi connectivity index (χ0n) is 22.6. The van der Waals surface area contributed by atoms with Gasteiger partial charge in [0.05, 0.1) is 12.6 Å². The molecular formula is C33H32F2N3O2+. The Labute approximate surface area is 232 Å². The van der Waals surface area contributed by atoms with E-state index >= 15 is 4.39 Å². The molecule has 2 atom stereocenters. The maximum atomic E-state index is 15.8. The molecule has 0 saturated heterocycles. The minimum absolute atomic E-state index is 0.227. The van der Waals surface area contributed by atoms with Crippen molar-refractivity contribution in [2.75, 3.05) is 6.54 Å². The van der Waals surface area contributed by atoms with Crippen LogP contribution in [0, 0.1) is 18.6 Å². The summed E-state index contributed by atoms with van der Waals surface area (Å²) >= 11 is 0. The van der Waals surface area contributed by atoms with E-state index in [-0.39, 0.29) is 29.1 Å². The van der Waals surface area contributed by atoms with Crippen molar-refractivity contribution in [1.29, 1.82) is 0 Å². The molecule has 7 heteroatoms. The van der Waals surface area contributed by atoms with Crippen molar-refractivity contribution in [3.63, 3.8) is 0 Å². The lowest BCUT2D eigenvalue weighted by molar-refractivity contribution is -0.850. The number of fused-ring (bicyclic) bond motifs is 1. The van der Waals surface area contributed by atoms with Crippen LogP contribution in [0.15, 0.2) is 78.9 Å². The van der Waals surface area contributed by atoms with Crippen LogP contribution in [0.2, 0.25) is 0 Å². The number of hydrogen-bond acceptors (Lipinski definition) is 2. The second-order valence-corrected chi connectivity index (χ2v) is 10.4. The standard InChI is InChI=1S/C33H31F2N3O2/c1-20-12-13-22(18-29(20)34)21(2)37-33(40)24-14-15-30-23(17-24)8-6-16-38(30)19-25-7-5-11-27(31(25)35)26-9-3-4-10-28(26)32(36)39/h3-5,7,9-15,17-18,21H,6,8,16,19H2,1-2H3,(H2,36,39)(H,37,40)/p+1/t21-/m0/s1. The van der Waals surface area contributed by atoms with E-state index in [2.05, 4.69) is 5.32 Å². The Balaban J connectivity index is 1.36. The highest BCUT2D eigenvalue weighted by Crippen LogP contribution is 2.28. The minimum Gasteiger partial charge on any atom is -0.366 e. The molecule has 0 saturated carbocycles. The average molecular weight is 541 g/mol. The maximum Gasteiger partial charge on any atom is 0.251 e. The largest absolute Gasteiger partial charge is 0.366 e. The van der Waals surface area contributed by atoms with Crippen LogP contribution in [-0.2, 0) is 13.0 Å². The van der Waals surface area contributed by atoms with Crippen LogP contribution in [0.1, 0.15) is 62.4 Å². The van der Waals surface area contributed by atoms with Crippen molar-refractivity contribution in [1.82, 2.24) is 5.32 Å². The summed E-state index contributed by atoms with van der Waals surface area (Å²) in [6.45, 7) is 4.79. The first-order chi connectivity index (χ1) is 19.2. The lowest BCUT2D eigenvalue weighted by atomic mass is 9.95. The summed E-state index contributed by atoms with van der Waals surface area (Å²) in [5, 5.41) is 2.96. The summed E-state index contributed by atoms with van der Waals surface area (Å²) in [7, 11) is 0. The summed E-state index contributed by atoms with van der Waals surface area (Å²) in [5.41, 5.74) is 11.1. The zero-order chi connectivity index (χ0) is 28.4. The van der Waals surface area contributed by atoms with Crippen LogP contribution < -0.4 is 16.0 Å². The van der Waals surface area contributed by atoms with Crippen molar-refractivity contribution in [2.45, 2.75) is 39.3 Å². The van der Waals surface area contributed by atoms with E-state index in [0.29, 0.717) is 39.9 Å². The molecule has 0 radical (unpaired) electrons. The lowest BCUT2D eigenvalue weighted by Gasteiger charge is -2.27. The number of rotatable bonds is 7. The molecule has 0 aliphatic carbocycles. The highest BCUT2D eigenvalue weighted by atomic mass is 19.1. The number of carbonyl (C=O) groups excluding carboxylic acids is 2. The van der Waals surface area contributed by atoms with Gasteiger partial charge in [0.2, 0.25) is 5.91 Å². The fourth-order valence-electron chi connectivity index (χ4n) is 5.43. The third-order valence-corrected chi connectivity index (χ3v) is 7.68. The quantitative estimate of drug-likeness (QED) is 0.302. The van der Waals surface area contributed by atoms with E-state index in [1.54, 1.807) is 61.5 Å². The highest BCUT2D eigenvalue weighted by Gasteiger charge is 2.26. The molecule has 0 bridgehead atoms. The Morgan fingerprint density at radius 1 is 0.975 bits per heavy atom. The first-order valence-corrected chi connectivity index (χ1v) is 13.4. The molecule has 4 N–H and O–H groups in total. The molecule has 40 heavy (non-hydrogen) atoms. The van der Waals surface area contributed by atoms with E-state index in [4.69, 9.17) is 5.73 Å². The molecule has 2 amide bonds. The van der Waals surface area contributed by atoms with Gasteiger partial charge in [0, 0.05) is 40.3 Å². The van der Waals surface area contributed by atoms with E-state index in [0.717, 1.165) is 35.5 Å². The van der Waals surface area contributed by atoms with Crippen molar-refractivity contribution in [2.24, 2.45) is 5.73 Å². The molecule has 4 aromatic rings. The summed E-state index contributed by atoms with van der Waals surface area (Å²) in [6.07, 6.45) is 1.73. The fourth-order valence-corrected chi connectivity index (χ4v) is 5.43. The van der Waals surface area contributed by atoms with Crippen molar-refractivity contribution >= 4 is 17.5 Å². The number of carbonyl (C=O) groups is 2. The van der Waals surface area contributed by atoms with Gasteiger partial charge >= 0.3 is 0 Å². The van der Waals surface area contributed by atoms with Gasteiger partial charge in [-0.3, -0.25) is 14.5 Å². The number of aryl methyl sites for hydroxylation is 2. The SMILES string of the molecule is Cc1ccc([C@H](C)NC(=O)c2ccc3c(c2)CCC[NH+]3Cc2cccc(-c3ccccc3C(N)=O)c2F)cc1F. The molecule has 0 spiro atoms. The van der Waals surface area contributed by atoms with Gasteiger partial charge in [-0.15, -0.1) is 0 Å². The average Bonchev–Trinajstić information content (AvgIpc) is 2.95. The molecule has 1 heterocycles. The van der Waals surface area contributed by atoms with Gasteiger partial charge in [-0.2, -0.15) is 0 Å². The van der Waals surface area contributed by atoms with Gasteiger partial charge < -0.3 is 11.1 Å². The minimum atomic E-state index is -0.601. The van der Waals surface area contributed by atoms with Gasteiger partial charge in [0.25, 0.3) is 5.91 Å². The third kappa shape index (κ3) is 5.51. The van der Waals surface area contributed by atoms with Gasteiger partial charge in [-0.25, -0.2) is 8.78 Å². The number of nitrogens with two attached hydrogens (primary N) is 1. The fraction of sp³-hybridized carbons (Fsp3) is 0.212. The van der Waals surface area contributed by atoms with Crippen LogP contribution in [-0.4, -0.2) is 18.4 Å². The van der Waals surface area contributed by atoms with Crippen LogP contribution in [0.4, 0.5) is 14.5 Å². The van der Waals surface area contributed by atoms with Crippen LogP contribution in [0.5, 0.6) is 0 Å². The van der Waals surface area contributed by atoms with Crippen LogP contribution >= 0.6 is 0 Å². The maximum absolute atomic E-state index is 15.8. The molecule has 4 aromatic carbocycles. The number of quaternary nitrogens is 1. The van der Waals surface area contributed by atoms with Gasteiger partial charge in [-0.1, -0.05) is 48.5 Å². The van der Waals surface area contributed by atoms with Crippen molar-refractivity contribution in [3.05, 3.63) is 124 Å². The zero-order valence-corrected chi connectivity index (χ0v) is 22.6. The second kappa shape index (κ2) is 11.4. The van der Waals surface area contributed by atoms with E-state index in [1.165, 1.54) is 6.07 Å². The summed E-state index contributed by atoms with van der Waals surface area (Å²) in [5.74, 6) is -1.49. The van der Waals surface area contributed by atoms with Gasteiger partial charge in [0.15, 0.2) is 0 Å². The number of nitrogens with one attached hydrogen (secondary N) is 2. The number of hydrogen-bond donors (Lipinski definition) is 3. The van der Waals surface area contributed by atoms with Gasteiger partial charge in [-0.05, 0) is 61.2 Å². The Morgan fingerprint density at radius 2 is 1.75 bits per heavy atom. The van der Waals surface area contributed by atoms with E-state index in [1.807, 2.05) is 25.1 Å². The lowest BCUT2D eigenvalue weighted by Crippen LogP contribution is -3.06. The van der Waals surface area contributed by atoms with E-state index < -0.39 is 5.91 Å². The number of halogens is 2. The Hall–Kier alpha value is -4.36. The smallest absolute Gasteiger partial charge is 0.251 e.